The average Bonchev–Trinajstić information content (AvgIpc) is 2.84. The van der Waals surface area contributed by atoms with Crippen LogP contribution in [0.25, 0.3) is 0 Å². The monoisotopic (exact) mass is 511 g/mol. The van der Waals surface area contributed by atoms with Gasteiger partial charge in [-0.15, -0.1) is 0 Å². The number of anilines is 2. The third-order valence-electron chi connectivity index (χ3n) is 4.96. The van der Waals surface area contributed by atoms with Crippen LogP contribution < -0.4 is 19.7 Å². The second-order valence-electron chi connectivity index (χ2n) is 8.17. The first-order valence-corrected chi connectivity index (χ1v) is 13.1. The Balaban J connectivity index is 1.61. The molecule has 0 saturated carbocycles. The quantitative estimate of drug-likeness (QED) is 0.390. The lowest BCUT2D eigenvalue weighted by Crippen LogP contribution is -2.34. The first-order chi connectivity index (χ1) is 16.7. The van der Waals surface area contributed by atoms with Crippen LogP contribution in [0.3, 0.4) is 0 Å². The molecule has 1 amide bonds. The number of para-hydroxylation sites is 1. The molecule has 0 aliphatic carbocycles. The molecule has 0 bridgehead atoms. The molecule has 7 nitrogen and oxygen atoms in total. The Hall–Kier alpha value is -3.43. The van der Waals surface area contributed by atoms with E-state index >= 15 is 0 Å². The van der Waals surface area contributed by atoms with Crippen LogP contribution >= 0.6 is 12.2 Å². The van der Waals surface area contributed by atoms with Crippen LogP contribution in [0.1, 0.15) is 31.1 Å². The third kappa shape index (κ3) is 7.03. The molecule has 3 aromatic carbocycles. The Bertz CT molecular complexity index is 1240. The zero-order valence-electron chi connectivity index (χ0n) is 19.9. The fourth-order valence-corrected chi connectivity index (χ4v) is 4.91. The van der Waals surface area contributed by atoms with Gasteiger partial charge in [-0.3, -0.25) is 14.4 Å². The summed E-state index contributed by atoms with van der Waals surface area (Å²) in [6.07, 6.45) is 0. The van der Waals surface area contributed by atoms with E-state index in [0.29, 0.717) is 41.8 Å². The van der Waals surface area contributed by atoms with Crippen molar-refractivity contribution in [2.45, 2.75) is 25.7 Å². The number of hydrogen-bond donors (Lipinski definition) is 2. The zero-order valence-corrected chi connectivity index (χ0v) is 21.5. The fraction of sp³-hybridized carbons (Fsp3) is 0.231. The molecule has 35 heavy (non-hydrogen) atoms. The van der Waals surface area contributed by atoms with E-state index in [4.69, 9.17) is 17.0 Å². The van der Waals surface area contributed by atoms with Gasteiger partial charge in [-0.2, -0.15) is 0 Å². The number of benzene rings is 3. The molecule has 0 heterocycles. The SMILES string of the molecule is CCN(c1ccccc1)S(=O)(=O)c1ccc(NC(=S)NC(=O)c2ccc(OCC(C)C)cc2)cc1. The lowest BCUT2D eigenvalue weighted by molar-refractivity contribution is 0.0977. The number of sulfonamides is 1. The maximum atomic E-state index is 13.1. The molecule has 0 unspecified atom stereocenters. The van der Waals surface area contributed by atoms with E-state index in [1.807, 2.05) is 6.07 Å². The molecular formula is C26H29N3O4S2. The molecule has 0 atom stereocenters. The third-order valence-corrected chi connectivity index (χ3v) is 7.08. The smallest absolute Gasteiger partial charge is 0.264 e. The summed E-state index contributed by atoms with van der Waals surface area (Å²) in [5, 5.41) is 5.63. The Labute approximate surface area is 212 Å². The van der Waals surface area contributed by atoms with Gasteiger partial charge in [0, 0.05) is 17.8 Å². The summed E-state index contributed by atoms with van der Waals surface area (Å²) in [6, 6.07) is 22.0. The summed E-state index contributed by atoms with van der Waals surface area (Å²) in [6.45, 7) is 6.81. The molecular weight excluding hydrogens is 482 g/mol. The number of carbonyl (C=O) groups is 1. The normalized spacial score (nSPS) is 11.1. The summed E-state index contributed by atoms with van der Waals surface area (Å²) in [7, 11) is -3.72. The zero-order chi connectivity index (χ0) is 25.4. The van der Waals surface area contributed by atoms with Gasteiger partial charge in [0.1, 0.15) is 5.75 Å². The molecule has 0 aromatic heterocycles. The van der Waals surface area contributed by atoms with Crippen molar-refractivity contribution in [3.63, 3.8) is 0 Å². The van der Waals surface area contributed by atoms with Crippen molar-refractivity contribution in [3.8, 4) is 5.75 Å². The maximum absolute atomic E-state index is 13.1. The summed E-state index contributed by atoms with van der Waals surface area (Å²) in [4.78, 5) is 12.6. The van der Waals surface area contributed by atoms with Gasteiger partial charge in [0.15, 0.2) is 5.11 Å². The molecule has 0 saturated heterocycles. The van der Waals surface area contributed by atoms with Crippen molar-refractivity contribution in [2.24, 2.45) is 5.92 Å². The molecule has 3 rings (SSSR count). The highest BCUT2D eigenvalue weighted by molar-refractivity contribution is 7.92. The minimum Gasteiger partial charge on any atom is -0.493 e. The highest BCUT2D eigenvalue weighted by atomic mass is 32.2. The fourth-order valence-electron chi connectivity index (χ4n) is 3.23. The number of hydrogen-bond acceptors (Lipinski definition) is 5. The molecule has 0 fully saturated rings. The van der Waals surface area contributed by atoms with Crippen molar-refractivity contribution >= 4 is 44.6 Å². The molecule has 0 radical (unpaired) electrons. The van der Waals surface area contributed by atoms with Crippen LogP contribution in [-0.2, 0) is 10.0 Å². The van der Waals surface area contributed by atoms with E-state index in [9.17, 15) is 13.2 Å². The molecule has 3 aromatic rings. The number of nitrogens with one attached hydrogen (secondary N) is 2. The lowest BCUT2D eigenvalue weighted by Gasteiger charge is -2.23. The highest BCUT2D eigenvalue weighted by Crippen LogP contribution is 2.24. The summed E-state index contributed by atoms with van der Waals surface area (Å²) < 4.78 is 33.2. The van der Waals surface area contributed by atoms with Gasteiger partial charge in [-0.1, -0.05) is 32.0 Å². The molecule has 0 aliphatic rings. The van der Waals surface area contributed by atoms with Crippen LogP contribution in [0.5, 0.6) is 5.75 Å². The van der Waals surface area contributed by atoms with Crippen LogP contribution in [-0.4, -0.2) is 32.6 Å². The van der Waals surface area contributed by atoms with Crippen molar-refractivity contribution < 1.29 is 17.9 Å². The van der Waals surface area contributed by atoms with Crippen molar-refractivity contribution in [1.82, 2.24) is 5.32 Å². The highest BCUT2D eigenvalue weighted by Gasteiger charge is 2.23. The Morgan fingerprint density at radius 1 is 0.971 bits per heavy atom. The van der Waals surface area contributed by atoms with Gasteiger partial charge in [0.05, 0.1) is 17.2 Å². The first-order valence-electron chi connectivity index (χ1n) is 11.2. The average molecular weight is 512 g/mol. The Morgan fingerprint density at radius 3 is 2.17 bits per heavy atom. The van der Waals surface area contributed by atoms with E-state index < -0.39 is 10.0 Å². The van der Waals surface area contributed by atoms with E-state index in [0.717, 1.165) is 0 Å². The van der Waals surface area contributed by atoms with E-state index in [-0.39, 0.29) is 15.9 Å². The minimum atomic E-state index is -3.72. The van der Waals surface area contributed by atoms with Crippen LogP contribution in [0, 0.1) is 5.92 Å². The second kappa shape index (κ2) is 11.8. The van der Waals surface area contributed by atoms with E-state index in [2.05, 4.69) is 24.5 Å². The van der Waals surface area contributed by atoms with Gasteiger partial charge in [-0.25, -0.2) is 8.42 Å². The number of amides is 1. The predicted molar refractivity (Wildman–Crippen MR) is 144 cm³/mol. The topological polar surface area (TPSA) is 87.7 Å². The van der Waals surface area contributed by atoms with Crippen LogP contribution in [0.2, 0.25) is 0 Å². The molecule has 0 spiro atoms. The van der Waals surface area contributed by atoms with E-state index in [1.54, 1.807) is 67.6 Å². The maximum Gasteiger partial charge on any atom is 0.264 e. The number of carbonyl (C=O) groups excluding carboxylic acids is 1. The van der Waals surface area contributed by atoms with Crippen LogP contribution in [0.4, 0.5) is 11.4 Å². The van der Waals surface area contributed by atoms with E-state index in [1.165, 1.54) is 16.4 Å². The van der Waals surface area contributed by atoms with Gasteiger partial charge in [0.2, 0.25) is 0 Å². The van der Waals surface area contributed by atoms with Crippen molar-refractivity contribution in [1.29, 1.82) is 0 Å². The van der Waals surface area contributed by atoms with Crippen molar-refractivity contribution in [3.05, 3.63) is 84.4 Å². The van der Waals surface area contributed by atoms with Gasteiger partial charge in [-0.05, 0) is 85.7 Å². The Kier molecular flexibility index (Phi) is 8.84. The largest absolute Gasteiger partial charge is 0.493 e. The molecule has 9 heteroatoms. The standard InChI is InChI=1S/C26H29N3O4S2/c1-4-29(22-8-6-5-7-9-22)35(31,32)24-16-12-21(13-17-24)27-26(34)28-25(30)20-10-14-23(15-11-20)33-18-19(2)3/h5-17,19H,4,18H2,1-3H3,(H2,27,28,30,34). The Morgan fingerprint density at radius 2 is 1.60 bits per heavy atom. The van der Waals surface area contributed by atoms with Gasteiger partial charge >= 0.3 is 0 Å². The predicted octanol–water partition coefficient (Wildman–Crippen LogP) is 5.06. The lowest BCUT2D eigenvalue weighted by atomic mass is 10.2. The minimum absolute atomic E-state index is 0.102. The number of ether oxygens (including phenoxy) is 1. The van der Waals surface area contributed by atoms with Gasteiger partial charge in [0.25, 0.3) is 15.9 Å². The summed E-state index contributed by atoms with van der Waals surface area (Å²) in [5.41, 5.74) is 1.59. The van der Waals surface area contributed by atoms with Crippen molar-refractivity contribution in [2.75, 3.05) is 22.8 Å². The molecule has 184 valence electrons. The van der Waals surface area contributed by atoms with Crippen LogP contribution in [0.15, 0.2) is 83.8 Å². The number of nitrogens with zero attached hydrogens (tertiary/aromatic N) is 1. The second-order valence-corrected chi connectivity index (χ2v) is 10.4. The number of rotatable bonds is 9. The molecule has 0 aliphatic heterocycles. The number of thiocarbonyl (C=S) groups is 1. The summed E-state index contributed by atoms with van der Waals surface area (Å²) in [5.74, 6) is 0.739. The first kappa shape index (κ1) is 26.2. The molecule has 2 N–H and O–H groups in total. The summed E-state index contributed by atoms with van der Waals surface area (Å²) >= 11 is 5.24. The van der Waals surface area contributed by atoms with Gasteiger partial charge < -0.3 is 10.1 Å².